The van der Waals surface area contributed by atoms with Gasteiger partial charge in [-0.2, -0.15) is 5.10 Å². The van der Waals surface area contributed by atoms with Crippen LogP contribution in [0.15, 0.2) is 19.7 Å². The highest BCUT2D eigenvalue weighted by molar-refractivity contribution is 9.11. The molecule has 0 aliphatic rings. The topological polar surface area (TPSA) is 29.9 Å². The Morgan fingerprint density at radius 3 is 2.71 bits per heavy atom. The SMILES string of the molecule is CCCNC(Cc1c(Br)c(C)nn1CC)c1csc(Br)c1. The summed E-state index contributed by atoms with van der Waals surface area (Å²) in [6.07, 6.45) is 2.08. The number of rotatable bonds is 7. The summed E-state index contributed by atoms with van der Waals surface area (Å²) in [5.41, 5.74) is 3.67. The van der Waals surface area contributed by atoms with Crippen LogP contribution in [-0.4, -0.2) is 16.3 Å². The lowest BCUT2D eigenvalue weighted by atomic mass is 10.0. The Morgan fingerprint density at radius 1 is 1.38 bits per heavy atom. The van der Waals surface area contributed by atoms with E-state index < -0.39 is 0 Å². The molecule has 21 heavy (non-hydrogen) atoms. The van der Waals surface area contributed by atoms with Gasteiger partial charge in [0.1, 0.15) is 0 Å². The average molecular weight is 435 g/mol. The van der Waals surface area contributed by atoms with Crippen molar-refractivity contribution in [2.45, 2.75) is 46.2 Å². The Labute approximate surface area is 147 Å². The lowest BCUT2D eigenvalue weighted by Crippen LogP contribution is -2.25. The van der Waals surface area contributed by atoms with E-state index in [2.05, 4.69) is 79.2 Å². The fraction of sp³-hybridized carbons (Fsp3) is 0.533. The van der Waals surface area contributed by atoms with E-state index in [0.717, 1.165) is 36.1 Å². The van der Waals surface area contributed by atoms with Crippen molar-refractivity contribution >= 4 is 43.2 Å². The molecule has 0 saturated carbocycles. The van der Waals surface area contributed by atoms with Crippen LogP contribution in [0.3, 0.4) is 0 Å². The van der Waals surface area contributed by atoms with E-state index in [9.17, 15) is 0 Å². The van der Waals surface area contributed by atoms with Crippen molar-refractivity contribution in [3.05, 3.63) is 36.7 Å². The Balaban J connectivity index is 2.26. The van der Waals surface area contributed by atoms with E-state index in [-0.39, 0.29) is 0 Å². The molecular weight excluding hydrogens is 414 g/mol. The summed E-state index contributed by atoms with van der Waals surface area (Å²) < 4.78 is 4.42. The van der Waals surface area contributed by atoms with Crippen LogP contribution < -0.4 is 5.32 Å². The molecule has 0 aromatic carbocycles. The summed E-state index contributed by atoms with van der Waals surface area (Å²) in [7, 11) is 0. The Hall–Kier alpha value is -0.170. The average Bonchev–Trinajstić information content (AvgIpc) is 3.01. The van der Waals surface area contributed by atoms with E-state index in [0.29, 0.717) is 6.04 Å². The van der Waals surface area contributed by atoms with E-state index in [1.54, 1.807) is 11.3 Å². The van der Waals surface area contributed by atoms with Crippen molar-refractivity contribution in [2.24, 2.45) is 0 Å². The predicted molar refractivity (Wildman–Crippen MR) is 97.1 cm³/mol. The smallest absolute Gasteiger partial charge is 0.0738 e. The number of nitrogens with zero attached hydrogens (tertiary/aromatic N) is 2. The molecule has 6 heteroatoms. The molecule has 2 heterocycles. The van der Waals surface area contributed by atoms with Gasteiger partial charge in [0.2, 0.25) is 0 Å². The quantitative estimate of drug-likeness (QED) is 0.658. The molecule has 2 aromatic heterocycles. The standard InChI is InChI=1S/C15H21Br2N3S/c1-4-6-18-12(11-7-14(16)21-9-11)8-13-15(17)10(3)19-20(13)5-2/h7,9,12,18H,4-6,8H2,1-3H3. The van der Waals surface area contributed by atoms with Crippen LogP contribution in [0.1, 0.15) is 43.3 Å². The normalized spacial score (nSPS) is 12.8. The third-order valence-corrected chi connectivity index (χ3v) is 6.04. The molecular formula is C15H21Br2N3S. The molecule has 116 valence electrons. The van der Waals surface area contributed by atoms with E-state index in [1.165, 1.54) is 15.0 Å². The number of aryl methyl sites for hydroxylation is 2. The Morgan fingerprint density at radius 2 is 2.14 bits per heavy atom. The summed E-state index contributed by atoms with van der Waals surface area (Å²) in [6.45, 7) is 8.31. The number of hydrogen-bond acceptors (Lipinski definition) is 3. The van der Waals surface area contributed by atoms with Crippen LogP contribution in [0.25, 0.3) is 0 Å². The van der Waals surface area contributed by atoms with Gasteiger partial charge in [0, 0.05) is 19.0 Å². The molecule has 0 saturated heterocycles. The summed E-state index contributed by atoms with van der Waals surface area (Å²) in [5, 5.41) is 10.5. The zero-order valence-corrected chi connectivity index (χ0v) is 16.6. The maximum absolute atomic E-state index is 4.60. The van der Waals surface area contributed by atoms with Crippen LogP contribution in [0, 0.1) is 6.92 Å². The van der Waals surface area contributed by atoms with Gasteiger partial charge >= 0.3 is 0 Å². The molecule has 1 N–H and O–H groups in total. The first-order valence-corrected chi connectivity index (χ1v) is 9.72. The number of nitrogens with one attached hydrogen (secondary N) is 1. The van der Waals surface area contributed by atoms with E-state index >= 15 is 0 Å². The molecule has 3 nitrogen and oxygen atoms in total. The van der Waals surface area contributed by atoms with Crippen LogP contribution in [0.4, 0.5) is 0 Å². The minimum absolute atomic E-state index is 0.324. The monoisotopic (exact) mass is 433 g/mol. The van der Waals surface area contributed by atoms with Crippen LogP contribution in [0.2, 0.25) is 0 Å². The maximum Gasteiger partial charge on any atom is 0.0738 e. The first-order chi connectivity index (χ1) is 10.1. The highest BCUT2D eigenvalue weighted by Gasteiger charge is 2.19. The molecule has 2 aromatic rings. The highest BCUT2D eigenvalue weighted by atomic mass is 79.9. The lowest BCUT2D eigenvalue weighted by molar-refractivity contribution is 0.502. The summed E-state index contributed by atoms with van der Waals surface area (Å²) in [6, 6.07) is 2.54. The molecule has 0 radical (unpaired) electrons. The van der Waals surface area contributed by atoms with Gasteiger partial charge in [-0.05, 0) is 75.7 Å². The fourth-order valence-corrected chi connectivity index (χ4v) is 4.07. The number of aromatic nitrogens is 2. The molecule has 0 aliphatic heterocycles. The summed E-state index contributed by atoms with van der Waals surface area (Å²) in [4.78, 5) is 0. The lowest BCUT2D eigenvalue weighted by Gasteiger charge is -2.18. The molecule has 0 fully saturated rings. The van der Waals surface area contributed by atoms with Gasteiger partial charge in [-0.1, -0.05) is 6.92 Å². The van der Waals surface area contributed by atoms with Crippen LogP contribution >= 0.6 is 43.2 Å². The molecule has 2 rings (SSSR count). The number of halogens is 2. The minimum atomic E-state index is 0.324. The third-order valence-electron chi connectivity index (χ3n) is 3.48. The summed E-state index contributed by atoms with van der Waals surface area (Å²) in [5.74, 6) is 0. The zero-order valence-electron chi connectivity index (χ0n) is 12.6. The van der Waals surface area contributed by atoms with Crippen molar-refractivity contribution in [3.63, 3.8) is 0 Å². The number of hydrogen-bond donors (Lipinski definition) is 1. The van der Waals surface area contributed by atoms with Gasteiger partial charge in [-0.25, -0.2) is 0 Å². The fourth-order valence-electron chi connectivity index (χ4n) is 2.39. The van der Waals surface area contributed by atoms with Gasteiger partial charge in [-0.15, -0.1) is 11.3 Å². The maximum atomic E-state index is 4.60. The third kappa shape index (κ3) is 4.18. The van der Waals surface area contributed by atoms with Gasteiger partial charge < -0.3 is 5.32 Å². The molecule has 1 unspecified atom stereocenters. The summed E-state index contributed by atoms with van der Waals surface area (Å²) >= 11 is 9.00. The zero-order chi connectivity index (χ0) is 15.4. The highest BCUT2D eigenvalue weighted by Crippen LogP contribution is 2.30. The second-order valence-electron chi connectivity index (χ2n) is 5.06. The van der Waals surface area contributed by atoms with Gasteiger partial charge in [-0.3, -0.25) is 4.68 Å². The van der Waals surface area contributed by atoms with Crippen molar-refractivity contribution in [1.29, 1.82) is 0 Å². The van der Waals surface area contributed by atoms with Crippen LogP contribution in [-0.2, 0) is 13.0 Å². The number of thiophene rings is 1. The van der Waals surface area contributed by atoms with Crippen molar-refractivity contribution in [3.8, 4) is 0 Å². The van der Waals surface area contributed by atoms with Gasteiger partial charge in [0.15, 0.2) is 0 Å². The Kier molecular flexibility index (Phi) is 6.47. The first kappa shape index (κ1) is 17.2. The van der Waals surface area contributed by atoms with Crippen molar-refractivity contribution < 1.29 is 0 Å². The van der Waals surface area contributed by atoms with Crippen molar-refractivity contribution in [1.82, 2.24) is 15.1 Å². The van der Waals surface area contributed by atoms with Crippen LogP contribution in [0.5, 0.6) is 0 Å². The molecule has 0 bridgehead atoms. The second kappa shape index (κ2) is 7.90. The minimum Gasteiger partial charge on any atom is -0.310 e. The van der Waals surface area contributed by atoms with Crippen molar-refractivity contribution in [2.75, 3.05) is 6.54 Å². The molecule has 0 amide bonds. The largest absolute Gasteiger partial charge is 0.310 e. The molecule has 0 aliphatic carbocycles. The Bertz CT molecular complexity index is 592. The molecule has 0 spiro atoms. The molecule has 1 atom stereocenters. The predicted octanol–water partition coefficient (Wildman–Crippen LogP) is 5.08. The second-order valence-corrected chi connectivity index (χ2v) is 8.14. The van der Waals surface area contributed by atoms with E-state index in [1.807, 2.05) is 0 Å². The van der Waals surface area contributed by atoms with Gasteiger partial charge in [0.05, 0.1) is 19.6 Å². The van der Waals surface area contributed by atoms with E-state index in [4.69, 9.17) is 0 Å². The first-order valence-electron chi connectivity index (χ1n) is 7.25. The van der Waals surface area contributed by atoms with Gasteiger partial charge in [0.25, 0.3) is 0 Å².